The Hall–Kier alpha value is -3.81. The number of anilines is 1. The zero-order chi connectivity index (χ0) is 24.2. The second-order valence-electron chi connectivity index (χ2n) is 8.62. The number of hydrogen-bond donors (Lipinski definition) is 0. The van der Waals surface area contributed by atoms with Crippen molar-refractivity contribution >= 4 is 17.4 Å². The van der Waals surface area contributed by atoms with Crippen LogP contribution in [0.25, 0.3) is 0 Å². The topological polar surface area (TPSA) is 92.5 Å². The highest BCUT2D eigenvalue weighted by atomic mass is 16.6. The maximum Gasteiger partial charge on any atom is 0.270 e. The van der Waals surface area contributed by atoms with Crippen LogP contribution in [0.1, 0.15) is 45.5 Å². The Morgan fingerprint density at radius 1 is 1.03 bits per heavy atom. The molecule has 0 atom stereocenters. The SMILES string of the molecule is CCc1nc(C)nc(N2CCN(C(=O)c3cccc([N+](=O)[O-])c3)CC2)c1Cc1ccc(C)cc1. The van der Waals surface area contributed by atoms with Crippen LogP contribution in [0.2, 0.25) is 0 Å². The van der Waals surface area contributed by atoms with Crippen LogP contribution >= 0.6 is 0 Å². The average molecular weight is 460 g/mol. The number of aryl methyl sites for hydroxylation is 3. The highest BCUT2D eigenvalue weighted by molar-refractivity contribution is 5.95. The quantitative estimate of drug-likeness (QED) is 0.407. The number of nitro benzene ring substituents is 1. The van der Waals surface area contributed by atoms with Gasteiger partial charge >= 0.3 is 0 Å². The number of benzene rings is 2. The van der Waals surface area contributed by atoms with E-state index in [4.69, 9.17) is 9.97 Å². The number of aromatic nitrogens is 2. The fourth-order valence-electron chi connectivity index (χ4n) is 4.34. The van der Waals surface area contributed by atoms with Gasteiger partial charge < -0.3 is 9.80 Å². The molecular formula is C26H29N5O3. The summed E-state index contributed by atoms with van der Waals surface area (Å²) < 4.78 is 0. The minimum Gasteiger partial charge on any atom is -0.353 e. The molecule has 0 N–H and O–H groups in total. The highest BCUT2D eigenvalue weighted by Gasteiger charge is 2.26. The predicted molar refractivity (Wildman–Crippen MR) is 131 cm³/mol. The smallest absolute Gasteiger partial charge is 0.270 e. The summed E-state index contributed by atoms with van der Waals surface area (Å²) in [6.07, 6.45) is 1.58. The van der Waals surface area contributed by atoms with Crippen LogP contribution in [-0.2, 0) is 12.8 Å². The van der Waals surface area contributed by atoms with E-state index in [1.54, 1.807) is 17.0 Å². The van der Waals surface area contributed by atoms with Gasteiger partial charge in [-0.25, -0.2) is 9.97 Å². The summed E-state index contributed by atoms with van der Waals surface area (Å²) in [5.41, 5.74) is 4.90. The van der Waals surface area contributed by atoms with Crippen molar-refractivity contribution in [2.75, 3.05) is 31.1 Å². The van der Waals surface area contributed by atoms with Crippen molar-refractivity contribution in [1.29, 1.82) is 0 Å². The maximum atomic E-state index is 13.0. The summed E-state index contributed by atoms with van der Waals surface area (Å²) in [5.74, 6) is 1.50. The largest absolute Gasteiger partial charge is 0.353 e. The van der Waals surface area contributed by atoms with Crippen LogP contribution in [0.4, 0.5) is 11.5 Å². The van der Waals surface area contributed by atoms with E-state index in [1.807, 2.05) is 6.92 Å². The lowest BCUT2D eigenvalue weighted by Gasteiger charge is -2.36. The number of carbonyl (C=O) groups is 1. The fraction of sp³-hybridized carbons (Fsp3) is 0.346. The van der Waals surface area contributed by atoms with E-state index in [1.165, 1.54) is 23.3 Å². The summed E-state index contributed by atoms with van der Waals surface area (Å²) in [4.78, 5) is 37.1. The zero-order valence-corrected chi connectivity index (χ0v) is 19.8. The molecule has 1 saturated heterocycles. The number of hydrogen-bond acceptors (Lipinski definition) is 6. The summed E-state index contributed by atoms with van der Waals surface area (Å²) in [6.45, 7) is 8.44. The van der Waals surface area contributed by atoms with Gasteiger partial charge in [0.2, 0.25) is 0 Å². The molecule has 0 bridgehead atoms. The van der Waals surface area contributed by atoms with Gasteiger partial charge in [0, 0.05) is 61.6 Å². The van der Waals surface area contributed by atoms with Gasteiger partial charge in [0.25, 0.3) is 11.6 Å². The Labute approximate surface area is 199 Å². The molecule has 8 nitrogen and oxygen atoms in total. The Morgan fingerprint density at radius 3 is 2.38 bits per heavy atom. The van der Waals surface area contributed by atoms with Crippen molar-refractivity contribution < 1.29 is 9.72 Å². The number of carbonyl (C=O) groups excluding carboxylic acids is 1. The highest BCUT2D eigenvalue weighted by Crippen LogP contribution is 2.26. The molecule has 1 aliphatic heterocycles. The van der Waals surface area contributed by atoms with Crippen molar-refractivity contribution in [3.05, 3.63) is 92.4 Å². The van der Waals surface area contributed by atoms with Crippen molar-refractivity contribution in [3.63, 3.8) is 0 Å². The van der Waals surface area contributed by atoms with Gasteiger partial charge in [-0.2, -0.15) is 0 Å². The molecule has 1 aliphatic rings. The molecule has 0 spiro atoms. The van der Waals surface area contributed by atoms with Crippen LogP contribution in [0, 0.1) is 24.0 Å². The fourth-order valence-corrected chi connectivity index (χ4v) is 4.34. The predicted octanol–water partition coefficient (Wildman–Crippen LogP) is 4.12. The first-order valence-electron chi connectivity index (χ1n) is 11.6. The van der Waals surface area contributed by atoms with Crippen molar-refractivity contribution in [2.24, 2.45) is 0 Å². The Balaban J connectivity index is 1.54. The van der Waals surface area contributed by atoms with E-state index < -0.39 is 4.92 Å². The second kappa shape index (κ2) is 9.99. The molecule has 0 aliphatic carbocycles. The van der Waals surface area contributed by atoms with Gasteiger partial charge in [-0.05, 0) is 31.9 Å². The van der Waals surface area contributed by atoms with Crippen molar-refractivity contribution in [2.45, 2.75) is 33.6 Å². The zero-order valence-electron chi connectivity index (χ0n) is 19.8. The van der Waals surface area contributed by atoms with Crippen LogP contribution < -0.4 is 4.90 Å². The lowest BCUT2D eigenvalue weighted by Crippen LogP contribution is -2.49. The molecule has 2 heterocycles. The van der Waals surface area contributed by atoms with Gasteiger partial charge in [0.15, 0.2) is 0 Å². The van der Waals surface area contributed by atoms with Crippen LogP contribution in [-0.4, -0.2) is 51.9 Å². The standard InChI is InChI=1S/C26H29N5O3/c1-4-24-23(16-20-10-8-18(2)9-11-20)25(28-19(3)27-24)29-12-14-30(15-13-29)26(32)21-6-5-7-22(17-21)31(33)34/h5-11,17H,4,12-16H2,1-3H3. The van der Waals surface area contributed by atoms with Crippen LogP contribution in [0.5, 0.6) is 0 Å². The first kappa shape index (κ1) is 23.4. The third kappa shape index (κ3) is 5.06. The van der Waals surface area contributed by atoms with Crippen LogP contribution in [0.15, 0.2) is 48.5 Å². The molecule has 0 unspecified atom stereocenters. The summed E-state index contributed by atoms with van der Waals surface area (Å²) in [7, 11) is 0. The van der Waals surface area contributed by atoms with E-state index >= 15 is 0 Å². The normalized spacial score (nSPS) is 13.7. The number of piperazine rings is 1. The number of nitrogens with zero attached hydrogens (tertiary/aromatic N) is 5. The number of amides is 1. The number of rotatable bonds is 6. The lowest BCUT2D eigenvalue weighted by molar-refractivity contribution is -0.384. The summed E-state index contributed by atoms with van der Waals surface area (Å²) in [6, 6.07) is 14.4. The van der Waals surface area contributed by atoms with Crippen LogP contribution in [0.3, 0.4) is 0 Å². The Bertz CT molecular complexity index is 1200. The molecule has 4 rings (SSSR count). The van der Waals surface area contributed by atoms with Gasteiger partial charge in [0.05, 0.1) is 4.92 Å². The molecule has 176 valence electrons. The Kier molecular flexibility index (Phi) is 6.86. The minimum absolute atomic E-state index is 0.0752. The molecule has 3 aromatic rings. The molecule has 1 fully saturated rings. The van der Waals surface area contributed by atoms with E-state index in [0.29, 0.717) is 31.7 Å². The monoisotopic (exact) mass is 459 g/mol. The minimum atomic E-state index is -0.479. The van der Waals surface area contributed by atoms with Gasteiger partial charge in [-0.3, -0.25) is 14.9 Å². The van der Waals surface area contributed by atoms with E-state index in [2.05, 4.69) is 43.0 Å². The third-order valence-corrected chi connectivity index (χ3v) is 6.19. The second-order valence-corrected chi connectivity index (χ2v) is 8.62. The summed E-state index contributed by atoms with van der Waals surface area (Å²) in [5, 5.41) is 11.1. The van der Waals surface area contributed by atoms with Gasteiger partial charge in [0.1, 0.15) is 11.6 Å². The molecule has 1 aromatic heterocycles. The van der Waals surface area contributed by atoms with E-state index in [-0.39, 0.29) is 11.6 Å². The molecule has 1 amide bonds. The molecule has 34 heavy (non-hydrogen) atoms. The maximum absolute atomic E-state index is 13.0. The van der Waals surface area contributed by atoms with E-state index in [9.17, 15) is 14.9 Å². The molecule has 2 aromatic carbocycles. The molecule has 0 radical (unpaired) electrons. The van der Waals surface area contributed by atoms with E-state index in [0.717, 1.165) is 35.7 Å². The first-order chi connectivity index (χ1) is 16.4. The molecular weight excluding hydrogens is 430 g/mol. The van der Waals surface area contributed by atoms with Crippen molar-refractivity contribution in [3.8, 4) is 0 Å². The number of nitro groups is 1. The lowest BCUT2D eigenvalue weighted by atomic mass is 10.0. The molecule has 0 saturated carbocycles. The van der Waals surface area contributed by atoms with Gasteiger partial charge in [-0.15, -0.1) is 0 Å². The Morgan fingerprint density at radius 2 is 1.74 bits per heavy atom. The first-order valence-corrected chi connectivity index (χ1v) is 11.6. The average Bonchev–Trinajstić information content (AvgIpc) is 2.85. The third-order valence-electron chi connectivity index (χ3n) is 6.19. The number of non-ortho nitro benzene ring substituents is 1. The molecule has 8 heteroatoms. The van der Waals surface area contributed by atoms with Crippen molar-refractivity contribution in [1.82, 2.24) is 14.9 Å². The van der Waals surface area contributed by atoms with Gasteiger partial charge in [-0.1, -0.05) is 42.8 Å². The summed E-state index contributed by atoms with van der Waals surface area (Å²) >= 11 is 0.